The molecular weight excluding hydrogens is 318 g/mol. The average Bonchev–Trinajstić information content (AvgIpc) is 3.08. The van der Waals surface area contributed by atoms with Crippen LogP contribution in [0.5, 0.6) is 0 Å². The minimum absolute atomic E-state index is 0.0109. The molecule has 0 saturated carbocycles. The highest BCUT2D eigenvalue weighted by molar-refractivity contribution is 7.98. The SMILES string of the molecule is Cc1cc(CSc2nc3sc4c(c3c(=O)[nH]2)CCCC4)no1. The molecule has 0 bridgehead atoms. The van der Waals surface area contributed by atoms with E-state index in [1.54, 1.807) is 11.3 Å². The molecule has 0 atom stereocenters. The summed E-state index contributed by atoms with van der Waals surface area (Å²) in [5, 5.41) is 5.41. The van der Waals surface area contributed by atoms with Crippen molar-refractivity contribution in [3.63, 3.8) is 0 Å². The van der Waals surface area contributed by atoms with E-state index in [-0.39, 0.29) is 5.56 Å². The predicted octanol–water partition coefficient (Wildman–Crippen LogP) is 3.45. The quantitative estimate of drug-likeness (QED) is 0.587. The zero-order valence-corrected chi connectivity index (χ0v) is 13.8. The van der Waals surface area contributed by atoms with Crippen LogP contribution in [-0.2, 0) is 18.6 Å². The number of hydrogen-bond donors (Lipinski definition) is 1. The van der Waals surface area contributed by atoms with Crippen LogP contribution in [-0.4, -0.2) is 15.1 Å². The maximum Gasteiger partial charge on any atom is 0.260 e. The molecule has 0 radical (unpaired) electrons. The molecule has 114 valence electrons. The number of aromatic nitrogens is 3. The second-order valence-corrected chi connectivity index (χ2v) is 7.53. The predicted molar refractivity (Wildman–Crippen MR) is 87.7 cm³/mol. The molecule has 1 N–H and O–H groups in total. The summed E-state index contributed by atoms with van der Waals surface area (Å²) in [4.78, 5) is 22.2. The Labute approximate surface area is 135 Å². The number of fused-ring (bicyclic) bond motifs is 3. The van der Waals surface area contributed by atoms with Crippen molar-refractivity contribution in [1.29, 1.82) is 0 Å². The van der Waals surface area contributed by atoms with Crippen LogP contribution in [0.2, 0.25) is 0 Å². The van der Waals surface area contributed by atoms with Crippen molar-refractivity contribution < 1.29 is 4.52 Å². The molecule has 5 nitrogen and oxygen atoms in total. The summed E-state index contributed by atoms with van der Waals surface area (Å²) in [6.07, 6.45) is 4.46. The van der Waals surface area contributed by atoms with Crippen LogP contribution in [0.4, 0.5) is 0 Å². The Kier molecular flexibility index (Phi) is 3.54. The van der Waals surface area contributed by atoms with Crippen molar-refractivity contribution in [2.45, 2.75) is 43.5 Å². The number of thioether (sulfide) groups is 1. The van der Waals surface area contributed by atoms with Gasteiger partial charge in [0.2, 0.25) is 0 Å². The van der Waals surface area contributed by atoms with Gasteiger partial charge in [-0.25, -0.2) is 4.98 Å². The summed E-state index contributed by atoms with van der Waals surface area (Å²) in [5.74, 6) is 1.43. The maximum atomic E-state index is 12.4. The molecule has 4 rings (SSSR count). The van der Waals surface area contributed by atoms with Crippen LogP contribution in [0.25, 0.3) is 10.2 Å². The standard InChI is InChI=1S/C15H15N3O2S2/c1-8-6-9(18-20-8)7-21-15-16-13(19)12-10-4-2-3-5-11(10)22-14(12)17-15/h6H,2-5,7H2,1H3,(H,16,17,19). The molecule has 7 heteroatoms. The first-order valence-electron chi connectivity index (χ1n) is 7.30. The summed E-state index contributed by atoms with van der Waals surface area (Å²) < 4.78 is 5.05. The zero-order chi connectivity index (χ0) is 15.1. The van der Waals surface area contributed by atoms with E-state index in [9.17, 15) is 4.79 Å². The monoisotopic (exact) mass is 333 g/mol. The van der Waals surface area contributed by atoms with Gasteiger partial charge in [-0.2, -0.15) is 0 Å². The van der Waals surface area contributed by atoms with E-state index in [1.807, 2.05) is 13.0 Å². The molecule has 3 heterocycles. The summed E-state index contributed by atoms with van der Waals surface area (Å²) in [5.41, 5.74) is 2.07. The Morgan fingerprint density at radius 2 is 2.27 bits per heavy atom. The highest BCUT2D eigenvalue weighted by Gasteiger charge is 2.19. The molecule has 1 aliphatic rings. The number of rotatable bonds is 3. The minimum atomic E-state index is -0.0109. The molecule has 0 aliphatic heterocycles. The van der Waals surface area contributed by atoms with E-state index in [4.69, 9.17) is 4.52 Å². The highest BCUT2D eigenvalue weighted by atomic mass is 32.2. The molecular formula is C15H15N3O2S2. The van der Waals surface area contributed by atoms with Crippen LogP contribution in [0.1, 0.15) is 34.7 Å². The summed E-state index contributed by atoms with van der Waals surface area (Å²) >= 11 is 3.15. The lowest BCUT2D eigenvalue weighted by Gasteiger charge is -2.09. The van der Waals surface area contributed by atoms with E-state index < -0.39 is 0 Å². The fourth-order valence-electron chi connectivity index (χ4n) is 2.84. The summed E-state index contributed by atoms with van der Waals surface area (Å²) in [6.45, 7) is 1.86. The lowest BCUT2D eigenvalue weighted by Crippen LogP contribution is -2.10. The van der Waals surface area contributed by atoms with Crippen LogP contribution in [0, 0.1) is 6.92 Å². The second-order valence-electron chi connectivity index (χ2n) is 5.48. The molecule has 0 amide bonds. The number of aryl methyl sites for hydroxylation is 3. The Balaban J connectivity index is 1.66. The van der Waals surface area contributed by atoms with Gasteiger partial charge in [0.05, 0.1) is 11.1 Å². The fraction of sp³-hybridized carbons (Fsp3) is 0.400. The van der Waals surface area contributed by atoms with Gasteiger partial charge in [-0.3, -0.25) is 4.79 Å². The van der Waals surface area contributed by atoms with E-state index in [1.165, 1.54) is 35.0 Å². The largest absolute Gasteiger partial charge is 0.361 e. The van der Waals surface area contributed by atoms with Gasteiger partial charge < -0.3 is 9.51 Å². The minimum Gasteiger partial charge on any atom is -0.361 e. The topological polar surface area (TPSA) is 71.8 Å². The van der Waals surface area contributed by atoms with Crippen LogP contribution in [0.15, 0.2) is 20.5 Å². The van der Waals surface area contributed by atoms with Crippen molar-refractivity contribution in [2.24, 2.45) is 0 Å². The molecule has 0 unspecified atom stereocenters. The first kappa shape index (κ1) is 14.0. The van der Waals surface area contributed by atoms with Gasteiger partial charge in [-0.15, -0.1) is 11.3 Å². The summed E-state index contributed by atoms with van der Waals surface area (Å²) in [7, 11) is 0. The third kappa shape index (κ3) is 2.48. The van der Waals surface area contributed by atoms with Crippen LogP contribution < -0.4 is 5.56 Å². The van der Waals surface area contributed by atoms with E-state index in [0.717, 1.165) is 34.5 Å². The normalized spacial score (nSPS) is 14.4. The molecule has 0 spiro atoms. The zero-order valence-electron chi connectivity index (χ0n) is 12.1. The van der Waals surface area contributed by atoms with Gasteiger partial charge >= 0.3 is 0 Å². The van der Waals surface area contributed by atoms with Crippen molar-refractivity contribution in [3.05, 3.63) is 38.3 Å². The van der Waals surface area contributed by atoms with E-state index >= 15 is 0 Å². The van der Waals surface area contributed by atoms with Gasteiger partial charge in [-0.1, -0.05) is 16.9 Å². The van der Waals surface area contributed by atoms with Crippen LogP contribution in [0.3, 0.4) is 0 Å². The summed E-state index contributed by atoms with van der Waals surface area (Å²) in [6, 6.07) is 1.90. The fourth-order valence-corrected chi connectivity index (χ4v) is 4.90. The van der Waals surface area contributed by atoms with E-state index in [2.05, 4.69) is 15.1 Å². The van der Waals surface area contributed by atoms with Crippen LogP contribution >= 0.6 is 23.1 Å². The van der Waals surface area contributed by atoms with Gasteiger partial charge in [0.1, 0.15) is 10.6 Å². The molecule has 0 fully saturated rings. The Morgan fingerprint density at radius 3 is 3.09 bits per heavy atom. The van der Waals surface area contributed by atoms with Gasteiger partial charge in [0.15, 0.2) is 5.16 Å². The third-order valence-corrected chi connectivity index (χ3v) is 5.93. The highest BCUT2D eigenvalue weighted by Crippen LogP contribution is 2.34. The number of H-pyrrole nitrogens is 1. The Hall–Kier alpha value is -1.60. The third-order valence-electron chi connectivity index (χ3n) is 3.84. The molecule has 1 aliphatic carbocycles. The first-order valence-corrected chi connectivity index (χ1v) is 9.10. The van der Waals surface area contributed by atoms with Crippen molar-refractivity contribution in [2.75, 3.05) is 0 Å². The van der Waals surface area contributed by atoms with Crippen molar-refractivity contribution >= 4 is 33.3 Å². The smallest absolute Gasteiger partial charge is 0.260 e. The number of aromatic amines is 1. The number of nitrogens with zero attached hydrogens (tertiary/aromatic N) is 2. The van der Waals surface area contributed by atoms with E-state index in [0.29, 0.717) is 10.9 Å². The van der Waals surface area contributed by atoms with Gasteiger partial charge in [-0.05, 0) is 38.2 Å². The number of nitrogens with one attached hydrogen (secondary N) is 1. The average molecular weight is 333 g/mol. The molecule has 3 aromatic heterocycles. The molecule has 0 saturated heterocycles. The lowest BCUT2D eigenvalue weighted by molar-refractivity contribution is 0.393. The maximum absolute atomic E-state index is 12.4. The molecule has 3 aromatic rings. The molecule has 22 heavy (non-hydrogen) atoms. The Morgan fingerprint density at radius 1 is 1.41 bits per heavy atom. The second kappa shape index (κ2) is 5.55. The lowest BCUT2D eigenvalue weighted by atomic mass is 9.97. The number of hydrogen-bond acceptors (Lipinski definition) is 6. The van der Waals surface area contributed by atoms with Crippen molar-refractivity contribution in [3.8, 4) is 0 Å². The number of thiophene rings is 1. The Bertz CT molecular complexity index is 894. The molecule has 0 aromatic carbocycles. The van der Waals surface area contributed by atoms with Crippen molar-refractivity contribution in [1.82, 2.24) is 15.1 Å². The van der Waals surface area contributed by atoms with Gasteiger partial charge in [0.25, 0.3) is 5.56 Å². The first-order chi connectivity index (χ1) is 10.7. The van der Waals surface area contributed by atoms with Gasteiger partial charge in [0, 0.05) is 16.7 Å².